The van der Waals surface area contributed by atoms with Gasteiger partial charge in [-0.25, -0.2) is 8.42 Å². The third kappa shape index (κ3) is 3.44. The fourth-order valence-corrected chi connectivity index (χ4v) is 5.59. The maximum atomic E-state index is 13.2. The third-order valence-electron chi connectivity index (χ3n) is 6.10. The summed E-state index contributed by atoms with van der Waals surface area (Å²) >= 11 is 6.38. The Morgan fingerprint density at radius 3 is 2.67 bits per heavy atom. The van der Waals surface area contributed by atoms with Gasteiger partial charge in [0.15, 0.2) is 0 Å². The van der Waals surface area contributed by atoms with E-state index in [1.54, 1.807) is 30.3 Å². The van der Waals surface area contributed by atoms with E-state index >= 15 is 0 Å². The second kappa shape index (κ2) is 7.35. The van der Waals surface area contributed by atoms with Crippen LogP contribution < -0.4 is 9.64 Å². The number of rotatable bonds is 5. The molecule has 1 unspecified atom stereocenters. The van der Waals surface area contributed by atoms with E-state index in [0.717, 1.165) is 16.2 Å². The molecule has 0 radical (unpaired) electrons. The summed E-state index contributed by atoms with van der Waals surface area (Å²) in [6.45, 7) is 8.29. The first-order chi connectivity index (χ1) is 14.0. The van der Waals surface area contributed by atoms with Crippen LogP contribution >= 0.6 is 11.6 Å². The highest BCUT2D eigenvalue weighted by molar-refractivity contribution is 7.89. The van der Waals surface area contributed by atoms with E-state index in [1.165, 1.54) is 4.31 Å². The number of hydrogen-bond acceptors (Lipinski definition) is 5. The second-order valence-electron chi connectivity index (χ2n) is 8.56. The van der Waals surface area contributed by atoms with Crippen LogP contribution in [-0.4, -0.2) is 54.1 Å². The van der Waals surface area contributed by atoms with Crippen LogP contribution in [0.3, 0.4) is 0 Å². The minimum atomic E-state index is -3.19. The van der Waals surface area contributed by atoms with Gasteiger partial charge in [-0.05, 0) is 44.8 Å². The molecular weight excluding hydrogens is 426 g/mol. The van der Waals surface area contributed by atoms with Crippen molar-refractivity contribution in [3.63, 3.8) is 0 Å². The van der Waals surface area contributed by atoms with Crippen molar-refractivity contribution in [3.05, 3.63) is 40.7 Å². The van der Waals surface area contributed by atoms with Crippen LogP contribution in [-0.2, 0) is 14.8 Å². The average molecular weight is 452 g/mol. The lowest BCUT2D eigenvalue weighted by Crippen LogP contribution is -2.56. The Hall–Kier alpha value is -1.90. The summed E-state index contributed by atoms with van der Waals surface area (Å²) in [4.78, 5) is 19.3. The Labute approximate surface area is 182 Å². The van der Waals surface area contributed by atoms with Crippen molar-refractivity contribution in [2.24, 2.45) is 5.92 Å². The molecule has 0 aromatic carbocycles. The fourth-order valence-electron chi connectivity index (χ4n) is 4.25. The molecule has 1 atom stereocenters. The molecule has 1 aromatic heterocycles. The van der Waals surface area contributed by atoms with E-state index < -0.39 is 15.6 Å². The lowest BCUT2D eigenvalue weighted by atomic mass is 9.85. The Bertz CT molecular complexity index is 1060. The molecular formula is C21H26ClN3O4S. The molecule has 2 aliphatic heterocycles. The van der Waals surface area contributed by atoms with Gasteiger partial charge in [0, 0.05) is 16.7 Å². The zero-order valence-electron chi connectivity index (χ0n) is 17.6. The molecule has 4 rings (SSSR count). The van der Waals surface area contributed by atoms with Crippen LogP contribution in [0.4, 0.5) is 5.69 Å². The predicted octanol–water partition coefficient (Wildman–Crippen LogP) is 3.08. The third-order valence-corrected chi connectivity index (χ3v) is 8.40. The molecule has 7 nitrogen and oxygen atoms in total. The topological polar surface area (TPSA) is 79.8 Å². The number of carbonyl (C=O) groups excluding carboxylic acids is 1. The first-order valence-corrected chi connectivity index (χ1v) is 12.1. The van der Waals surface area contributed by atoms with Gasteiger partial charge in [0.25, 0.3) is 5.91 Å². The molecule has 30 heavy (non-hydrogen) atoms. The highest BCUT2D eigenvalue weighted by Gasteiger charge is 2.47. The number of nitrogens with zero attached hydrogens (tertiary/aromatic N) is 3. The SMILES string of the molecule is CCS(=O)(=O)N1CC(Oc2cncc(N3C(=O)C4=C(C=C(Cl)C(C)C4)C3(C)C)c2)C1. The molecule has 3 heterocycles. The number of sulfonamides is 1. The van der Waals surface area contributed by atoms with E-state index in [1.807, 2.05) is 26.8 Å². The molecule has 0 saturated carbocycles. The fraction of sp³-hybridized carbons (Fsp3) is 0.524. The molecule has 0 spiro atoms. The van der Waals surface area contributed by atoms with Crippen LogP contribution in [0.25, 0.3) is 0 Å². The normalized spacial score (nSPS) is 24.6. The molecule has 0 bridgehead atoms. The highest BCUT2D eigenvalue weighted by atomic mass is 35.5. The molecule has 1 amide bonds. The molecule has 162 valence electrons. The maximum Gasteiger partial charge on any atom is 0.255 e. The lowest BCUT2D eigenvalue weighted by Gasteiger charge is -2.38. The Kier molecular flexibility index (Phi) is 5.23. The number of carbonyl (C=O) groups is 1. The summed E-state index contributed by atoms with van der Waals surface area (Å²) in [5.74, 6) is 0.683. The number of hydrogen-bond donors (Lipinski definition) is 0. The Morgan fingerprint density at radius 2 is 2.00 bits per heavy atom. The zero-order valence-corrected chi connectivity index (χ0v) is 19.1. The quantitative estimate of drug-likeness (QED) is 0.687. The number of amides is 1. The Balaban J connectivity index is 1.53. The van der Waals surface area contributed by atoms with Gasteiger partial charge in [0.05, 0.1) is 42.5 Å². The Morgan fingerprint density at radius 1 is 1.30 bits per heavy atom. The summed E-state index contributed by atoms with van der Waals surface area (Å²) in [6, 6.07) is 1.79. The lowest BCUT2D eigenvalue weighted by molar-refractivity contribution is -0.115. The molecule has 0 N–H and O–H groups in total. The summed E-state index contributed by atoms with van der Waals surface area (Å²) < 4.78 is 31.1. The maximum absolute atomic E-state index is 13.2. The molecule has 1 aliphatic carbocycles. The molecule has 1 fully saturated rings. The van der Waals surface area contributed by atoms with Crippen LogP contribution in [0.2, 0.25) is 0 Å². The number of allylic oxidation sites excluding steroid dienone is 1. The number of halogens is 1. The van der Waals surface area contributed by atoms with Gasteiger partial charge < -0.3 is 4.74 Å². The molecule has 9 heteroatoms. The standard InChI is InChI=1S/C21H26ClN3O4S/c1-5-30(27,28)24-11-16(12-24)29-15-7-14(9-23-10-15)25-20(26)17-6-13(2)19(22)8-18(17)21(25,3)4/h7-10,13,16H,5-6,11-12H2,1-4H3. The summed E-state index contributed by atoms with van der Waals surface area (Å²) in [7, 11) is -3.19. The van der Waals surface area contributed by atoms with Gasteiger partial charge >= 0.3 is 0 Å². The van der Waals surface area contributed by atoms with E-state index in [-0.39, 0.29) is 23.7 Å². The zero-order chi connectivity index (χ0) is 21.8. The van der Waals surface area contributed by atoms with E-state index in [4.69, 9.17) is 16.3 Å². The van der Waals surface area contributed by atoms with Gasteiger partial charge in [0.2, 0.25) is 10.0 Å². The van der Waals surface area contributed by atoms with Crippen molar-refractivity contribution < 1.29 is 17.9 Å². The van der Waals surface area contributed by atoms with E-state index in [9.17, 15) is 13.2 Å². The second-order valence-corrected chi connectivity index (χ2v) is 11.3. The van der Waals surface area contributed by atoms with Gasteiger partial charge in [0.1, 0.15) is 11.9 Å². The van der Waals surface area contributed by atoms with Crippen molar-refractivity contribution in [3.8, 4) is 5.75 Å². The monoisotopic (exact) mass is 451 g/mol. The van der Waals surface area contributed by atoms with Crippen LogP contribution in [0.5, 0.6) is 5.75 Å². The summed E-state index contributed by atoms with van der Waals surface area (Å²) in [6.07, 6.45) is 5.55. The summed E-state index contributed by atoms with van der Waals surface area (Å²) in [5.41, 5.74) is 1.82. The van der Waals surface area contributed by atoms with Crippen LogP contribution in [0.15, 0.2) is 40.7 Å². The van der Waals surface area contributed by atoms with Crippen molar-refractivity contribution in [1.29, 1.82) is 0 Å². The van der Waals surface area contributed by atoms with Crippen molar-refractivity contribution in [1.82, 2.24) is 9.29 Å². The highest BCUT2D eigenvalue weighted by Crippen LogP contribution is 2.46. The summed E-state index contributed by atoms with van der Waals surface area (Å²) in [5, 5.41) is 0.767. The van der Waals surface area contributed by atoms with Gasteiger partial charge in [-0.3, -0.25) is 14.7 Å². The number of anilines is 1. The number of ether oxygens (including phenoxy) is 1. The first kappa shape index (κ1) is 21.3. The number of aromatic nitrogens is 1. The number of pyridine rings is 1. The smallest absolute Gasteiger partial charge is 0.255 e. The van der Waals surface area contributed by atoms with Crippen molar-refractivity contribution >= 4 is 33.2 Å². The van der Waals surface area contributed by atoms with E-state index in [0.29, 0.717) is 30.9 Å². The van der Waals surface area contributed by atoms with Gasteiger partial charge in [-0.15, -0.1) is 0 Å². The van der Waals surface area contributed by atoms with E-state index in [2.05, 4.69) is 4.98 Å². The molecule has 1 saturated heterocycles. The minimum Gasteiger partial charge on any atom is -0.486 e. The molecule has 1 aromatic rings. The predicted molar refractivity (Wildman–Crippen MR) is 116 cm³/mol. The largest absolute Gasteiger partial charge is 0.486 e. The average Bonchev–Trinajstić information content (AvgIpc) is 2.84. The minimum absolute atomic E-state index is 0.0370. The molecule has 3 aliphatic rings. The van der Waals surface area contributed by atoms with Crippen LogP contribution in [0, 0.1) is 5.92 Å². The van der Waals surface area contributed by atoms with Gasteiger partial charge in [-0.2, -0.15) is 4.31 Å². The van der Waals surface area contributed by atoms with Gasteiger partial charge in [-0.1, -0.05) is 18.5 Å². The first-order valence-electron chi connectivity index (χ1n) is 10.1. The van der Waals surface area contributed by atoms with Crippen LogP contribution in [0.1, 0.15) is 34.1 Å². The van der Waals surface area contributed by atoms with Crippen molar-refractivity contribution in [2.45, 2.75) is 45.8 Å². The van der Waals surface area contributed by atoms with Crippen molar-refractivity contribution in [2.75, 3.05) is 23.7 Å².